The highest BCUT2D eigenvalue weighted by atomic mass is 35.5. The molecule has 0 aromatic heterocycles. The van der Waals surface area contributed by atoms with E-state index in [1.807, 2.05) is 31.2 Å². The molecule has 0 saturated heterocycles. The van der Waals surface area contributed by atoms with E-state index in [0.717, 1.165) is 23.1 Å². The van der Waals surface area contributed by atoms with Crippen LogP contribution in [0, 0.1) is 0 Å². The van der Waals surface area contributed by atoms with Crippen LogP contribution in [-0.4, -0.2) is 6.36 Å². The van der Waals surface area contributed by atoms with Crippen molar-refractivity contribution in [3.8, 4) is 5.75 Å². The van der Waals surface area contributed by atoms with Crippen molar-refractivity contribution in [1.82, 2.24) is 0 Å². The molecule has 0 saturated carbocycles. The van der Waals surface area contributed by atoms with Crippen LogP contribution in [0.15, 0.2) is 48.5 Å². The Morgan fingerprint density at radius 3 is 2.24 bits per heavy atom. The molecular weight excluding hydrogens is 301 g/mol. The summed E-state index contributed by atoms with van der Waals surface area (Å²) in [5.41, 5.74) is 2.81. The molecule has 0 amide bonds. The van der Waals surface area contributed by atoms with Crippen molar-refractivity contribution in [3.05, 3.63) is 65.2 Å². The van der Waals surface area contributed by atoms with Crippen molar-refractivity contribution in [2.45, 2.75) is 25.1 Å². The van der Waals surface area contributed by atoms with Gasteiger partial charge in [-0.2, -0.15) is 0 Å². The molecule has 0 heterocycles. The van der Waals surface area contributed by atoms with Crippen LogP contribution in [0.1, 0.15) is 29.0 Å². The Morgan fingerprint density at radius 2 is 1.67 bits per heavy atom. The number of halogens is 4. The number of ether oxygens (including phenoxy) is 1. The minimum Gasteiger partial charge on any atom is -0.406 e. The molecule has 1 atom stereocenters. The van der Waals surface area contributed by atoms with Crippen molar-refractivity contribution >= 4 is 11.6 Å². The van der Waals surface area contributed by atoms with E-state index in [9.17, 15) is 13.2 Å². The van der Waals surface area contributed by atoms with Gasteiger partial charge in [0.25, 0.3) is 0 Å². The summed E-state index contributed by atoms with van der Waals surface area (Å²) in [6, 6.07) is 13.4. The molecule has 0 bridgehead atoms. The molecular formula is C16H14ClF3O. The van der Waals surface area contributed by atoms with Gasteiger partial charge in [0.05, 0.1) is 5.38 Å². The Bertz CT molecular complexity index is 593. The van der Waals surface area contributed by atoms with Gasteiger partial charge in [-0.25, -0.2) is 0 Å². The zero-order valence-corrected chi connectivity index (χ0v) is 12.1. The average molecular weight is 315 g/mol. The maximum Gasteiger partial charge on any atom is 0.573 e. The number of aryl methyl sites for hydroxylation is 1. The van der Waals surface area contributed by atoms with Gasteiger partial charge in [-0.15, -0.1) is 24.8 Å². The fourth-order valence-electron chi connectivity index (χ4n) is 2.12. The van der Waals surface area contributed by atoms with Crippen LogP contribution < -0.4 is 4.74 Å². The molecule has 0 aliphatic rings. The SMILES string of the molecule is CCc1ccccc1C(Cl)c1ccc(OC(F)(F)F)cc1. The lowest BCUT2D eigenvalue weighted by molar-refractivity contribution is -0.274. The van der Waals surface area contributed by atoms with Crippen molar-refractivity contribution < 1.29 is 17.9 Å². The topological polar surface area (TPSA) is 9.23 Å². The number of alkyl halides is 4. The molecule has 21 heavy (non-hydrogen) atoms. The number of rotatable bonds is 4. The molecule has 2 aromatic rings. The van der Waals surface area contributed by atoms with Crippen LogP contribution in [0.2, 0.25) is 0 Å². The van der Waals surface area contributed by atoms with Crippen LogP contribution in [-0.2, 0) is 6.42 Å². The van der Waals surface area contributed by atoms with Crippen LogP contribution in [0.4, 0.5) is 13.2 Å². The molecule has 112 valence electrons. The molecule has 2 rings (SSSR count). The summed E-state index contributed by atoms with van der Waals surface area (Å²) in [5.74, 6) is -0.251. The highest BCUT2D eigenvalue weighted by molar-refractivity contribution is 6.22. The van der Waals surface area contributed by atoms with Gasteiger partial charge in [-0.05, 0) is 35.2 Å². The first-order chi connectivity index (χ1) is 9.90. The van der Waals surface area contributed by atoms with Gasteiger partial charge >= 0.3 is 6.36 Å². The maximum atomic E-state index is 12.1. The molecule has 0 aliphatic heterocycles. The maximum absolute atomic E-state index is 12.1. The second-order valence-electron chi connectivity index (χ2n) is 4.53. The Balaban J connectivity index is 2.22. The molecule has 1 unspecified atom stereocenters. The van der Waals surface area contributed by atoms with E-state index in [1.54, 1.807) is 12.1 Å². The highest BCUT2D eigenvalue weighted by Gasteiger charge is 2.31. The fraction of sp³-hybridized carbons (Fsp3) is 0.250. The zero-order chi connectivity index (χ0) is 15.5. The Morgan fingerprint density at radius 1 is 1.05 bits per heavy atom. The lowest BCUT2D eigenvalue weighted by Gasteiger charge is -2.15. The van der Waals surface area contributed by atoms with Gasteiger partial charge < -0.3 is 4.74 Å². The van der Waals surface area contributed by atoms with E-state index in [4.69, 9.17) is 11.6 Å². The Labute approximate surface area is 126 Å². The summed E-state index contributed by atoms with van der Waals surface area (Å²) in [7, 11) is 0. The predicted octanol–water partition coefficient (Wildman–Crippen LogP) is 5.48. The molecule has 0 radical (unpaired) electrons. The van der Waals surface area contributed by atoms with Gasteiger partial charge in [0.2, 0.25) is 0 Å². The summed E-state index contributed by atoms with van der Waals surface area (Å²) in [4.78, 5) is 0. The van der Waals surface area contributed by atoms with Gasteiger partial charge in [-0.1, -0.05) is 43.3 Å². The summed E-state index contributed by atoms with van der Waals surface area (Å²) in [5, 5.41) is -0.402. The van der Waals surface area contributed by atoms with E-state index >= 15 is 0 Å². The summed E-state index contributed by atoms with van der Waals surface area (Å²) in [6.45, 7) is 2.03. The monoisotopic (exact) mass is 314 g/mol. The summed E-state index contributed by atoms with van der Waals surface area (Å²) < 4.78 is 40.2. The van der Waals surface area contributed by atoms with Crippen molar-refractivity contribution in [2.75, 3.05) is 0 Å². The lowest BCUT2D eigenvalue weighted by Crippen LogP contribution is -2.17. The zero-order valence-electron chi connectivity index (χ0n) is 11.3. The van der Waals surface area contributed by atoms with E-state index < -0.39 is 11.7 Å². The van der Waals surface area contributed by atoms with Gasteiger partial charge in [0.1, 0.15) is 5.75 Å². The number of benzene rings is 2. The molecule has 0 N–H and O–H groups in total. The molecule has 0 spiro atoms. The van der Waals surface area contributed by atoms with E-state index in [-0.39, 0.29) is 5.75 Å². The fourth-order valence-corrected chi connectivity index (χ4v) is 2.48. The molecule has 2 aromatic carbocycles. The average Bonchev–Trinajstić information content (AvgIpc) is 2.45. The normalized spacial score (nSPS) is 13.0. The molecule has 0 fully saturated rings. The molecule has 1 nitrogen and oxygen atoms in total. The lowest BCUT2D eigenvalue weighted by atomic mass is 9.98. The third kappa shape index (κ3) is 4.14. The van der Waals surface area contributed by atoms with E-state index in [2.05, 4.69) is 4.74 Å². The van der Waals surface area contributed by atoms with Crippen LogP contribution in [0.3, 0.4) is 0 Å². The Hall–Kier alpha value is -1.68. The molecule has 5 heteroatoms. The second-order valence-corrected chi connectivity index (χ2v) is 4.97. The minimum atomic E-state index is -4.68. The quantitative estimate of drug-likeness (QED) is 0.679. The summed E-state index contributed by atoms with van der Waals surface area (Å²) in [6.07, 6.45) is -3.84. The second kappa shape index (κ2) is 6.39. The van der Waals surface area contributed by atoms with Gasteiger partial charge in [-0.3, -0.25) is 0 Å². The van der Waals surface area contributed by atoms with Crippen molar-refractivity contribution in [3.63, 3.8) is 0 Å². The van der Waals surface area contributed by atoms with Crippen molar-refractivity contribution in [1.29, 1.82) is 0 Å². The van der Waals surface area contributed by atoms with E-state index in [1.165, 1.54) is 12.1 Å². The smallest absolute Gasteiger partial charge is 0.406 e. The van der Waals surface area contributed by atoms with Gasteiger partial charge in [0.15, 0.2) is 0 Å². The first-order valence-corrected chi connectivity index (χ1v) is 6.92. The largest absolute Gasteiger partial charge is 0.573 e. The summed E-state index contributed by atoms with van der Waals surface area (Å²) >= 11 is 6.44. The third-order valence-corrected chi connectivity index (χ3v) is 3.60. The highest BCUT2D eigenvalue weighted by Crippen LogP contribution is 2.33. The third-order valence-electron chi connectivity index (χ3n) is 3.12. The Kier molecular flexibility index (Phi) is 4.78. The minimum absolute atomic E-state index is 0.251. The number of hydrogen-bond acceptors (Lipinski definition) is 1. The first kappa shape index (κ1) is 15.7. The predicted molar refractivity (Wildman–Crippen MR) is 76.6 cm³/mol. The first-order valence-electron chi connectivity index (χ1n) is 6.48. The van der Waals surface area contributed by atoms with Crippen LogP contribution in [0.5, 0.6) is 5.75 Å². The number of hydrogen-bond donors (Lipinski definition) is 0. The standard InChI is InChI=1S/C16H14ClF3O/c1-2-11-5-3-4-6-14(11)15(17)12-7-9-13(10-8-12)21-16(18,19)20/h3-10,15H,2H2,1H3. The van der Waals surface area contributed by atoms with Crippen LogP contribution in [0.25, 0.3) is 0 Å². The van der Waals surface area contributed by atoms with E-state index in [0.29, 0.717) is 0 Å². The van der Waals surface area contributed by atoms with Crippen molar-refractivity contribution in [2.24, 2.45) is 0 Å². The van der Waals surface area contributed by atoms with Crippen LogP contribution >= 0.6 is 11.6 Å². The molecule has 0 aliphatic carbocycles. The van der Waals surface area contributed by atoms with Gasteiger partial charge in [0, 0.05) is 0 Å².